The first-order valence-corrected chi connectivity index (χ1v) is 11.5. The summed E-state index contributed by atoms with van der Waals surface area (Å²) in [5.74, 6) is 1.78. The van der Waals surface area contributed by atoms with Crippen LogP contribution in [0.5, 0.6) is 5.75 Å². The van der Waals surface area contributed by atoms with Gasteiger partial charge in [-0.15, -0.1) is 11.8 Å². The number of nitro benzene ring substituents is 1. The fraction of sp³-hybridized carbons (Fsp3) is 0.455. The van der Waals surface area contributed by atoms with E-state index in [1.54, 1.807) is 18.3 Å². The standard InChI is InChI=1S/C22H28N4O5S/c1-15-11-25(12-16(2)31-15)21-7-5-18(9-23-21)10-24-22(27)14-32-13-17-4-6-20(30-3)19(8-17)26(28)29/h4-9,15-16H,10-14H2,1-3H3,(H,24,27). The lowest BCUT2D eigenvalue weighted by Crippen LogP contribution is -2.45. The molecule has 1 saturated heterocycles. The Morgan fingerprint density at radius 3 is 2.62 bits per heavy atom. The van der Waals surface area contributed by atoms with Crippen LogP contribution in [0, 0.1) is 10.1 Å². The van der Waals surface area contributed by atoms with E-state index in [-0.39, 0.29) is 35.3 Å². The predicted octanol–water partition coefficient (Wildman–Crippen LogP) is 3.16. The molecule has 0 radical (unpaired) electrons. The molecule has 10 heteroatoms. The molecular weight excluding hydrogens is 432 g/mol. The van der Waals surface area contributed by atoms with E-state index in [1.807, 2.05) is 12.1 Å². The van der Waals surface area contributed by atoms with Crippen LogP contribution in [-0.4, -0.2) is 54.0 Å². The number of nitro groups is 1. The van der Waals surface area contributed by atoms with Gasteiger partial charge < -0.3 is 19.7 Å². The molecule has 2 unspecified atom stereocenters. The Morgan fingerprint density at radius 2 is 2.00 bits per heavy atom. The number of ether oxygens (including phenoxy) is 2. The largest absolute Gasteiger partial charge is 0.490 e. The average molecular weight is 461 g/mol. The first-order valence-electron chi connectivity index (χ1n) is 10.4. The summed E-state index contributed by atoms with van der Waals surface area (Å²) >= 11 is 1.40. The van der Waals surface area contributed by atoms with Crippen molar-refractivity contribution in [2.75, 3.05) is 30.9 Å². The lowest BCUT2D eigenvalue weighted by Gasteiger charge is -2.36. The number of carbonyl (C=O) groups is 1. The molecule has 1 aromatic carbocycles. The molecule has 1 aliphatic rings. The number of thioether (sulfide) groups is 1. The summed E-state index contributed by atoms with van der Waals surface area (Å²) in [7, 11) is 1.40. The number of hydrogen-bond donors (Lipinski definition) is 1. The first kappa shape index (κ1) is 23.8. The number of carbonyl (C=O) groups excluding carboxylic acids is 1. The van der Waals surface area contributed by atoms with Gasteiger partial charge in [-0.25, -0.2) is 4.98 Å². The van der Waals surface area contributed by atoms with Gasteiger partial charge in [0, 0.05) is 37.7 Å². The maximum absolute atomic E-state index is 12.2. The fourth-order valence-corrected chi connectivity index (χ4v) is 4.36. The number of nitrogens with one attached hydrogen (secondary N) is 1. The third-order valence-corrected chi connectivity index (χ3v) is 5.99. The van der Waals surface area contributed by atoms with E-state index in [0.717, 1.165) is 30.0 Å². The molecule has 0 bridgehead atoms. The Morgan fingerprint density at radius 1 is 1.28 bits per heavy atom. The highest BCUT2D eigenvalue weighted by molar-refractivity contribution is 7.99. The summed E-state index contributed by atoms with van der Waals surface area (Å²) < 4.78 is 10.8. The molecule has 3 rings (SSSR count). The summed E-state index contributed by atoms with van der Waals surface area (Å²) in [6.07, 6.45) is 2.12. The fourth-order valence-electron chi connectivity index (χ4n) is 3.55. The molecule has 32 heavy (non-hydrogen) atoms. The van der Waals surface area contributed by atoms with Crippen molar-refractivity contribution in [2.45, 2.75) is 38.4 Å². The van der Waals surface area contributed by atoms with Crippen molar-refractivity contribution in [1.82, 2.24) is 10.3 Å². The Kier molecular flexibility index (Phi) is 8.29. The number of nitrogens with zero attached hydrogens (tertiary/aromatic N) is 3. The quantitative estimate of drug-likeness (QED) is 0.449. The second-order valence-corrected chi connectivity index (χ2v) is 8.71. The number of morpholine rings is 1. The smallest absolute Gasteiger partial charge is 0.311 e. The molecule has 2 heterocycles. The molecule has 1 aliphatic heterocycles. The third-order valence-electron chi connectivity index (χ3n) is 4.98. The van der Waals surface area contributed by atoms with Crippen LogP contribution in [-0.2, 0) is 21.8 Å². The van der Waals surface area contributed by atoms with E-state index in [4.69, 9.17) is 9.47 Å². The van der Waals surface area contributed by atoms with Gasteiger partial charge in [-0.1, -0.05) is 12.1 Å². The summed E-state index contributed by atoms with van der Waals surface area (Å²) in [5.41, 5.74) is 1.61. The van der Waals surface area contributed by atoms with Crippen LogP contribution >= 0.6 is 11.8 Å². The van der Waals surface area contributed by atoms with Crippen molar-refractivity contribution in [3.63, 3.8) is 0 Å². The van der Waals surface area contributed by atoms with E-state index in [2.05, 4.69) is 29.0 Å². The zero-order valence-corrected chi connectivity index (χ0v) is 19.3. The minimum absolute atomic E-state index is 0.0769. The van der Waals surface area contributed by atoms with Crippen molar-refractivity contribution in [1.29, 1.82) is 0 Å². The number of anilines is 1. The number of aromatic nitrogens is 1. The monoisotopic (exact) mass is 460 g/mol. The van der Waals surface area contributed by atoms with Crippen LogP contribution in [0.4, 0.5) is 11.5 Å². The second-order valence-electron chi connectivity index (χ2n) is 7.72. The molecule has 1 N–H and O–H groups in total. The Hall–Kier alpha value is -2.85. The summed E-state index contributed by atoms with van der Waals surface area (Å²) in [6, 6.07) is 8.75. The van der Waals surface area contributed by atoms with Gasteiger partial charge in [-0.3, -0.25) is 14.9 Å². The van der Waals surface area contributed by atoms with Gasteiger partial charge in [0.15, 0.2) is 5.75 Å². The van der Waals surface area contributed by atoms with E-state index in [1.165, 1.54) is 24.9 Å². The number of hydrogen-bond acceptors (Lipinski definition) is 8. The molecule has 9 nitrogen and oxygen atoms in total. The van der Waals surface area contributed by atoms with E-state index in [0.29, 0.717) is 12.3 Å². The van der Waals surface area contributed by atoms with Gasteiger partial charge in [0.2, 0.25) is 5.91 Å². The van der Waals surface area contributed by atoms with Crippen LogP contribution in [0.15, 0.2) is 36.5 Å². The summed E-state index contributed by atoms with van der Waals surface area (Å²) in [5, 5.41) is 14.0. The molecule has 2 aromatic rings. The second kappa shape index (κ2) is 11.1. The van der Waals surface area contributed by atoms with Gasteiger partial charge in [0.1, 0.15) is 5.82 Å². The molecule has 0 saturated carbocycles. The molecule has 0 aliphatic carbocycles. The van der Waals surface area contributed by atoms with Gasteiger partial charge in [0.05, 0.1) is 30.0 Å². The lowest BCUT2D eigenvalue weighted by atomic mass is 10.2. The van der Waals surface area contributed by atoms with Crippen LogP contribution in [0.3, 0.4) is 0 Å². The topological polar surface area (TPSA) is 107 Å². The van der Waals surface area contributed by atoms with Crippen LogP contribution < -0.4 is 15.0 Å². The minimum atomic E-state index is -0.473. The van der Waals surface area contributed by atoms with Crippen molar-refractivity contribution >= 4 is 29.2 Å². The summed E-state index contributed by atoms with van der Waals surface area (Å²) in [4.78, 5) is 29.6. The number of benzene rings is 1. The van der Waals surface area contributed by atoms with Crippen LogP contribution in [0.2, 0.25) is 0 Å². The van der Waals surface area contributed by atoms with Crippen LogP contribution in [0.1, 0.15) is 25.0 Å². The zero-order chi connectivity index (χ0) is 23.1. The molecule has 172 valence electrons. The highest BCUT2D eigenvalue weighted by atomic mass is 32.2. The molecule has 1 fully saturated rings. The molecule has 2 atom stereocenters. The van der Waals surface area contributed by atoms with Gasteiger partial charge in [-0.05, 0) is 37.1 Å². The molecule has 0 spiro atoms. The van der Waals surface area contributed by atoms with Crippen molar-refractivity contribution in [3.8, 4) is 5.75 Å². The van der Waals surface area contributed by atoms with Gasteiger partial charge >= 0.3 is 5.69 Å². The van der Waals surface area contributed by atoms with E-state index in [9.17, 15) is 14.9 Å². The predicted molar refractivity (Wildman–Crippen MR) is 124 cm³/mol. The zero-order valence-electron chi connectivity index (χ0n) is 18.4. The van der Waals surface area contributed by atoms with Crippen molar-refractivity contribution in [2.24, 2.45) is 0 Å². The van der Waals surface area contributed by atoms with Crippen molar-refractivity contribution < 1.29 is 19.2 Å². The highest BCUT2D eigenvalue weighted by Crippen LogP contribution is 2.29. The Bertz CT molecular complexity index is 930. The first-order chi connectivity index (χ1) is 15.4. The minimum Gasteiger partial charge on any atom is -0.490 e. The number of methoxy groups -OCH3 is 1. The Labute approximate surface area is 191 Å². The Balaban J connectivity index is 1.43. The van der Waals surface area contributed by atoms with E-state index >= 15 is 0 Å². The number of rotatable bonds is 9. The van der Waals surface area contributed by atoms with E-state index < -0.39 is 4.92 Å². The van der Waals surface area contributed by atoms with Gasteiger partial charge in [0.25, 0.3) is 0 Å². The average Bonchev–Trinajstić information content (AvgIpc) is 2.77. The maximum Gasteiger partial charge on any atom is 0.311 e. The number of amides is 1. The third kappa shape index (κ3) is 6.57. The van der Waals surface area contributed by atoms with Crippen LogP contribution in [0.25, 0.3) is 0 Å². The molecule has 1 aromatic heterocycles. The highest BCUT2D eigenvalue weighted by Gasteiger charge is 2.23. The molecule has 1 amide bonds. The maximum atomic E-state index is 12.2. The van der Waals surface area contributed by atoms with Crippen molar-refractivity contribution in [3.05, 3.63) is 57.8 Å². The SMILES string of the molecule is COc1ccc(CSCC(=O)NCc2ccc(N3CC(C)OC(C)C3)nc2)cc1[N+](=O)[O-]. The lowest BCUT2D eigenvalue weighted by molar-refractivity contribution is -0.385. The van der Waals surface area contributed by atoms with Gasteiger partial charge in [-0.2, -0.15) is 0 Å². The molecular formula is C22H28N4O5S. The normalized spacial score (nSPS) is 18.3. The number of pyridine rings is 1. The summed E-state index contributed by atoms with van der Waals surface area (Å²) in [6.45, 7) is 6.13.